The Morgan fingerprint density at radius 2 is 2.50 bits per heavy atom. The van der Waals surface area contributed by atoms with E-state index in [1.54, 1.807) is 7.11 Å². The van der Waals surface area contributed by atoms with E-state index in [-0.39, 0.29) is 11.4 Å². The number of hydrogen-bond donors (Lipinski definition) is 2. The van der Waals surface area contributed by atoms with Gasteiger partial charge in [-0.15, -0.1) is 5.10 Å². The zero-order chi connectivity index (χ0) is 13.4. The summed E-state index contributed by atoms with van der Waals surface area (Å²) in [7, 11) is 1.56. The van der Waals surface area contributed by atoms with Gasteiger partial charge < -0.3 is 15.2 Å². The molecule has 0 saturated heterocycles. The van der Waals surface area contributed by atoms with Gasteiger partial charge in [0.1, 0.15) is 12.1 Å². The van der Waals surface area contributed by atoms with Crippen LogP contribution in [0.25, 0.3) is 0 Å². The van der Waals surface area contributed by atoms with Crippen molar-refractivity contribution >= 4 is 11.8 Å². The van der Waals surface area contributed by atoms with Crippen LogP contribution in [0.15, 0.2) is 12.3 Å². The Bertz CT molecular complexity index is 444. The average molecular weight is 250 g/mol. The molecule has 1 unspecified atom stereocenters. The summed E-state index contributed by atoms with van der Waals surface area (Å²) < 4.78 is 4.87. The molecule has 96 valence electrons. The van der Waals surface area contributed by atoms with Gasteiger partial charge >= 0.3 is 5.97 Å². The number of aromatic nitrogens is 2. The van der Waals surface area contributed by atoms with Crippen molar-refractivity contribution in [3.8, 4) is 6.07 Å². The van der Waals surface area contributed by atoms with E-state index in [0.29, 0.717) is 19.4 Å². The Morgan fingerprint density at radius 3 is 3.11 bits per heavy atom. The third-order valence-corrected chi connectivity index (χ3v) is 2.29. The first-order valence-electron chi connectivity index (χ1n) is 5.39. The molecule has 2 N–H and O–H groups in total. The molecule has 18 heavy (non-hydrogen) atoms. The fourth-order valence-corrected chi connectivity index (χ4v) is 1.38. The molecule has 1 atom stereocenters. The van der Waals surface area contributed by atoms with E-state index in [0.717, 1.165) is 0 Å². The highest BCUT2D eigenvalue weighted by Crippen LogP contribution is 2.12. The second kappa shape index (κ2) is 7.19. The maximum Gasteiger partial charge on any atom is 0.326 e. The van der Waals surface area contributed by atoms with Gasteiger partial charge in [-0.1, -0.05) is 0 Å². The second-order valence-electron chi connectivity index (χ2n) is 3.58. The molecule has 0 fully saturated rings. The zero-order valence-corrected chi connectivity index (χ0v) is 9.96. The Hall–Kier alpha value is -2.20. The van der Waals surface area contributed by atoms with E-state index in [1.807, 2.05) is 6.07 Å². The minimum Gasteiger partial charge on any atom is -0.480 e. The molecule has 0 saturated carbocycles. The number of anilines is 1. The highest BCUT2D eigenvalue weighted by atomic mass is 16.5. The Balaban J connectivity index is 2.71. The minimum atomic E-state index is -0.999. The van der Waals surface area contributed by atoms with Gasteiger partial charge in [0.05, 0.1) is 11.8 Å². The van der Waals surface area contributed by atoms with Crippen molar-refractivity contribution in [3.05, 3.63) is 17.8 Å². The standard InChI is InChI=1S/C11H14N4O3/c1-18-6-2-3-9(11(16)17)14-10-8(7-12)4-5-13-15-10/h4-5,9H,2-3,6H2,1H3,(H,14,15)(H,16,17). The zero-order valence-electron chi connectivity index (χ0n) is 9.96. The second-order valence-corrected chi connectivity index (χ2v) is 3.58. The van der Waals surface area contributed by atoms with Gasteiger partial charge in [-0.25, -0.2) is 4.79 Å². The van der Waals surface area contributed by atoms with E-state index < -0.39 is 12.0 Å². The highest BCUT2D eigenvalue weighted by Gasteiger charge is 2.18. The topological polar surface area (TPSA) is 108 Å². The number of rotatable bonds is 7. The summed E-state index contributed by atoms with van der Waals surface area (Å²) in [5.41, 5.74) is 0.267. The van der Waals surface area contributed by atoms with Gasteiger partial charge in [-0.2, -0.15) is 10.4 Å². The first-order valence-corrected chi connectivity index (χ1v) is 5.39. The van der Waals surface area contributed by atoms with Crippen LogP contribution < -0.4 is 5.32 Å². The van der Waals surface area contributed by atoms with E-state index in [1.165, 1.54) is 12.3 Å². The number of carboxylic acids is 1. The molecule has 0 bridgehead atoms. The first kappa shape index (κ1) is 13.9. The lowest BCUT2D eigenvalue weighted by atomic mass is 10.1. The van der Waals surface area contributed by atoms with Crippen LogP contribution in [-0.4, -0.2) is 41.0 Å². The number of aliphatic carboxylic acids is 1. The molecule has 0 radical (unpaired) electrons. The fraction of sp³-hybridized carbons (Fsp3) is 0.455. The SMILES string of the molecule is COCCCC(Nc1nnccc1C#N)C(=O)O. The van der Waals surface area contributed by atoms with E-state index in [4.69, 9.17) is 15.1 Å². The summed E-state index contributed by atoms with van der Waals surface area (Å²) in [5, 5.41) is 28.0. The lowest BCUT2D eigenvalue weighted by molar-refractivity contribution is -0.138. The Morgan fingerprint density at radius 1 is 1.72 bits per heavy atom. The van der Waals surface area contributed by atoms with Gasteiger partial charge in [0.15, 0.2) is 5.82 Å². The summed E-state index contributed by atoms with van der Waals surface area (Å²) in [6, 6.07) is 2.58. The van der Waals surface area contributed by atoms with Gasteiger partial charge in [0, 0.05) is 13.7 Å². The maximum absolute atomic E-state index is 11.1. The normalized spacial score (nSPS) is 11.6. The van der Waals surface area contributed by atoms with Crippen LogP contribution in [0, 0.1) is 11.3 Å². The molecular weight excluding hydrogens is 236 g/mol. The largest absolute Gasteiger partial charge is 0.480 e. The molecule has 0 aliphatic carbocycles. The van der Waals surface area contributed by atoms with Crippen LogP contribution in [0.2, 0.25) is 0 Å². The molecule has 1 aromatic heterocycles. The number of methoxy groups -OCH3 is 1. The number of nitriles is 1. The summed E-state index contributed by atoms with van der Waals surface area (Å²) in [5.74, 6) is -0.814. The number of carbonyl (C=O) groups is 1. The van der Waals surface area contributed by atoms with Gasteiger partial charge in [-0.05, 0) is 18.9 Å². The number of ether oxygens (including phenoxy) is 1. The molecule has 1 heterocycles. The van der Waals surface area contributed by atoms with E-state index >= 15 is 0 Å². The van der Waals surface area contributed by atoms with Crippen molar-refractivity contribution in [1.82, 2.24) is 10.2 Å². The lowest BCUT2D eigenvalue weighted by Gasteiger charge is -2.14. The summed E-state index contributed by atoms with van der Waals surface area (Å²) in [4.78, 5) is 11.1. The molecule has 1 rings (SSSR count). The third-order valence-electron chi connectivity index (χ3n) is 2.29. The average Bonchev–Trinajstić information content (AvgIpc) is 2.38. The Labute approximate surface area is 104 Å². The first-order chi connectivity index (χ1) is 8.69. The van der Waals surface area contributed by atoms with Crippen molar-refractivity contribution in [1.29, 1.82) is 5.26 Å². The number of carboxylic acid groups (broad SMARTS) is 1. The molecule has 0 spiro atoms. The minimum absolute atomic E-state index is 0.185. The number of nitrogens with one attached hydrogen (secondary N) is 1. The molecular formula is C11H14N4O3. The molecule has 0 aromatic carbocycles. The smallest absolute Gasteiger partial charge is 0.326 e. The van der Waals surface area contributed by atoms with Crippen LogP contribution >= 0.6 is 0 Å². The van der Waals surface area contributed by atoms with Crippen molar-refractivity contribution in [2.75, 3.05) is 19.0 Å². The van der Waals surface area contributed by atoms with Crippen LogP contribution in [0.3, 0.4) is 0 Å². The monoisotopic (exact) mass is 250 g/mol. The third kappa shape index (κ3) is 3.99. The predicted octanol–water partition coefficient (Wildman–Crippen LogP) is 0.640. The Kier molecular flexibility index (Phi) is 5.54. The van der Waals surface area contributed by atoms with Crippen LogP contribution in [0.4, 0.5) is 5.82 Å². The van der Waals surface area contributed by atoms with Gasteiger partial charge in [0.25, 0.3) is 0 Å². The molecule has 0 aliphatic rings. The van der Waals surface area contributed by atoms with Gasteiger partial charge in [0.2, 0.25) is 0 Å². The molecule has 1 aromatic rings. The van der Waals surface area contributed by atoms with Crippen molar-refractivity contribution < 1.29 is 14.6 Å². The summed E-state index contributed by atoms with van der Waals surface area (Å²) in [6.07, 6.45) is 2.36. The number of nitrogens with zero attached hydrogens (tertiary/aromatic N) is 3. The van der Waals surface area contributed by atoms with Crippen molar-refractivity contribution in [2.24, 2.45) is 0 Å². The molecule has 7 nitrogen and oxygen atoms in total. The predicted molar refractivity (Wildman–Crippen MR) is 62.9 cm³/mol. The summed E-state index contributed by atoms with van der Waals surface area (Å²) in [6.45, 7) is 0.483. The summed E-state index contributed by atoms with van der Waals surface area (Å²) >= 11 is 0. The fourth-order valence-electron chi connectivity index (χ4n) is 1.38. The van der Waals surface area contributed by atoms with Gasteiger partial charge in [-0.3, -0.25) is 0 Å². The highest BCUT2D eigenvalue weighted by molar-refractivity contribution is 5.77. The van der Waals surface area contributed by atoms with Crippen LogP contribution in [-0.2, 0) is 9.53 Å². The lowest BCUT2D eigenvalue weighted by Crippen LogP contribution is -2.30. The van der Waals surface area contributed by atoms with Crippen LogP contribution in [0.5, 0.6) is 0 Å². The van der Waals surface area contributed by atoms with E-state index in [2.05, 4.69) is 15.5 Å². The number of hydrogen-bond acceptors (Lipinski definition) is 6. The van der Waals surface area contributed by atoms with Crippen molar-refractivity contribution in [3.63, 3.8) is 0 Å². The quantitative estimate of drug-likeness (QED) is 0.683. The maximum atomic E-state index is 11.1. The van der Waals surface area contributed by atoms with E-state index in [9.17, 15) is 4.79 Å². The van der Waals surface area contributed by atoms with Crippen molar-refractivity contribution in [2.45, 2.75) is 18.9 Å². The molecule has 0 aliphatic heterocycles. The van der Waals surface area contributed by atoms with Crippen LogP contribution in [0.1, 0.15) is 18.4 Å². The molecule has 7 heteroatoms. The molecule has 0 amide bonds.